The molecular formula is C21H19ClF3N5O2S. The highest BCUT2D eigenvalue weighted by Crippen LogP contribution is 2.40. The van der Waals surface area contributed by atoms with Crippen molar-refractivity contribution in [3.8, 4) is 17.0 Å². The maximum absolute atomic E-state index is 13.4. The molecule has 2 aromatic heterocycles. The summed E-state index contributed by atoms with van der Waals surface area (Å²) in [6, 6.07) is 3.58. The van der Waals surface area contributed by atoms with Crippen LogP contribution in [0.5, 0.6) is 5.75 Å². The number of phenolic OH excluding ortho intramolecular Hbond substituents is 1. The lowest BCUT2D eigenvalue weighted by atomic mass is 10.1. The van der Waals surface area contributed by atoms with Crippen LogP contribution in [0, 0.1) is 0 Å². The SMILES string of the molecule is C[C@@H]1CCCN1Cc1sc(NC(=O)c2cnc(Cl)cn2)nc1-c1ccc(O)c(C(F)(F)F)c1. The molecule has 33 heavy (non-hydrogen) atoms. The molecule has 3 aromatic rings. The van der Waals surface area contributed by atoms with Crippen molar-refractivity contribution >= 4 is 34.0 Å². The molecule has 174 valence electrons. The van der Waals surface area contributed by atoms with Crippen LogP contribution in [0.15, 0.2) is 30.6 Å². The molecule has 1 aliphatic rings. The highest BCUT2D eigenvalue weighted by atomic mass is 35.5. The maximum Gasteiger partial charge on any atom is 0.419 e. The van der Waals surface area contributed by atoms with Gasteiger partial charge in [0.05, 0.1) is 23.7 Å². The number of benzene rings is 1. The van der Waals surface area contributed by atoms with Gasteiger partial charge in [-0.25, -0.2) is 15.0 Å². The standard InChI is InChI=1S/C21H19ClF3N5O2S/c1-11-3-2-6-30(11)10-16-18(12-4-5-15(31)13(7-12)21(23,24)25)28-20(33-16)29-19(32)14-8-27-17(22)9-26-14/h4-5,7-9,11,31H,2-3,6,10H2,1H3,(H,28,29,32)/t11-/m1/s1. The van der Waals surface area contributed by atoms with Crippen LogP contribution in [-0.2, 0) is 12.7 Å². The van der Waals surface area contributed by atoms with Crippen LogP contribution < -0.4 is 5.32 Å². The van der Waals surface area contributed by atoms with E-state index >= 15 is 0 Å². The number of aromatic hydroxyl groups is 1. The molecule has 0 bridgehead atoms. The van der Waals surface area contributed by atoms with Crippen LogP contribution in [-0.4, -0.2) is 43.5 Å². The number of carbonyl (C=O) groups excluding carboxylic acids is 1. The number of nitrogens with zero attached hydrogens (tertiary/aromatic N) is 4. The second kappa shape index (κ2) is 9.24. The van der Waals surface area contributed by atoms with Crippen molar-refractivity contribution in [3.05, 3.63) is 51.9 Å². The first-order valence-corrected chi connectivity index (χ1v) is 11.2. The fourth-order valence-electron chi connectivity index (χ4n) is 3.65. The topological polar surface area (TPSA) is 91.2 Å². The van der Waals surface area contributed by atoms with Crippen LogP contribution in [0.25, 0.3) is 11.3 Å². The Balaban J connectivity index is 1.69. The largest absolute Gasteiger partial charge is 0.507 e. The Kier molecular flexibility index (Phi) is 6.55. The van der Waals surface area contributed by atoms with Crippen LogP contribution in [0.2, 0.25) is 5.15 Å². The fourth-order valence-corrected chi connectivity index (χ4v) is 4.75. The molecule has 1 atom stereocenters. The molecule has 12 heteroatoms. The van der Waals surface area contributed by atoms with E-state index in [0.717, 1.165) is 31.5 Å². The van der Waals surface area contributed by atoms with Gasteiger partial charge >= 0.3 is 6.18 Å². The molecule has 1 aromatic carbocycles. The minimum absolute atomic E-state index is 0.0230. The quantitative estimate of drug-likeness (QED) is 0.502. The van der Waals surface area contributed by atoms with E-state index in [9.17, 15) is 23.1 Å². The molecule has 0 radical (unpaired) electrons. The summed E-state index contributed by atoms with van der Waals surface area (Å²) in [7, 11) is 0. The van der Waals surface area contributed by atoms with E-state index < -0.39 is 23.4 Å². The number of anilines is 1. The lowest BCUT2D eigenvalue weighted by molar-refractivity contribution is -0.138. The van der Waals surface area contributed by atoms with Crippen LogP contribution >= 0.6 is 22.9 Å². The Morgan fingerprint density at radius 2 is 2.12 bits per heavy atom. The minimum atomic E-state index is -4.72. The summed E-state index contributed by atoms with van der Waals surface area (Å²) in [4.78, 5) is 27.6. The number of aromatic nitrogens is 3. The molecule has 0 aliphatic carbocycles. The third kappa shape index (κ3) is 5.26. The zero-order chi connectivity index (χ0) is 23.8. The van der Waals surface area contributed by atoms with Gasteiger partial charge in [0.25, 0.3) is 5.91 Å². The number of carbonyl (C=O) groups is 1. The van der Waals surface area contributed by atoms with Crippen molar-refractivity contribution in [2.45, 2.75) is 38.5 Å². The third-order valence-electron chi connectivity index (χ3n) is 5.38. The first-order chi connectivity index (χ1) is 15.6. The Hall–Kier alpha value is -2.76. The van der Waals surface area contributed by atoms with Crippen LogP contribution in [0.3, 0.4) is 0 Å². The smallest absolute Gasteiger partial charge is 0.419 e. The number of nitrogens with one attached hydrogen (secondary N) is 1. The molecule has 2 N–H and O–H groups in total. The average Bonchev–Trinajstić information content (AvgIpc) is 3.34. The Morgan fingerprint density at radius 3 is 2.76 bits per heavy atom. The molecule has 7 nitrogen and oxygen atoms in total. The third-order valence-corrected chi connectivity index (χ3v) is 6.53. The van der Waals surface area contributed by atoms with Crippen molar-refractivity contribution in [2.75, 3.05) is 11.9 Å². The minimum Gasteiger partial charge on any atom is -0.507 e. The van der Waals surface area contributed by atoms with E-state index in [0.29, 0.717) is 23.2 Å². The molecule has 4 rings (SSSR count). The Morgan fingerprint density at radius 1 is 1.33 bits per heavy atom. The number of thiazole rings is 1. The number of alkyl halides is 3. The second-order valence-electron chi connectivity index (χ2n) is 7.66. The number of likely N-dealkylation sites (tertiary alicyclic amines) is 1. The van der Waals surface area contributed by atoms with Gasteiger partial charge in [-0.2, -0.15) is 13.2 Å². The molecule has 0 spiro atoms. The highest BCUT2D eigenvalue weighted by Gasteiger charge is 2.34. The van der Waals surface area contributed by atoms with E-state index in [1.54, 1.807) is 0 Å². The molecule has 0 saturated carbocycles. The summed E-state index contributed by atoms with van der Waals surface area (Å²) in [6.07, 6.45) is -0.201. The molecule has 0 unspecified atom stereocenters. The maximum atomic E-state index is 13.4. The van der Waals surface area contributed by atoms with Gasteiger partial charge in [-0.15, -0.1) is 0 Å². The van der Waals surface area contributed by atoms with Crippen molar-refractivity contribution in [1.29, 1.82) is 0 Å². The van der Waals surface area contributed by atoms with E-state index in [-0.39, 0.29) is 21.5 Å². The number of halogens is 4. The fraction of sp³-hybridized carbons (Fsp3) is 0.333. The molecule has 1 amide bonds. The number of rotatable bonds is 5. The lowest BCUT2D eigenvalue weighted by Crippen LogP contribution is -2.25. The van der Waals surface area contributed by atoms with Gasteiger partial charge in [0, 0.05) is 23.0 Å². The first-order valence-electron chi connectivity index (χ1n) is 10.0. The number of hydrogen-bond acceptors (Lipinski definition) is 7. The molecule has 1 fully saturated rings. The zero-order valence-electron chi connectivity index (χ0n) is 17.4. The van der Waals surface area contributed by atoms with E-state index in [2.05, 4.69) is 32.1 Å². The van der Waals surface area contributed by atoms with Gasteiger partial charge in [-0.05, 0) is 44.5 Å². The summed E-state index contributed by atoms with van der Waals surface area (Å²) in [5.41, 5.74) is -0.600. The van der Waals surface area contributed by atoms with Crippen LogP contribution in [0.4, 0.5) is 18.3 Å². The summed E-state index contributed by atoms with van der Waals surface area (Å²) in [6.45, 7) is 3.44. The van der Waals surface area contributed by atoms with Crippen molar-refractivity contribution in [1.82, 2.24) is 19.9 Å². The van der Waals surface area contributed by atoms with Crippen molar-refractivity contribution in [2.24, 2.45) is 0 Å². The van der Waals surface area contributed by atoms with E-state index in [1.807, 2.05) is 0 Å². The van der Waals surface area contributed by atoms with Gasteiger partial charge in [-0.1, -0.05) is 22.9 Å². The lowest BCUT2D eigenvalue weighted by Gasteiger charge is -2.20. The van der Waals surface area contributed by atoms with Gasteiger partial charge in [0.2, 0.25) is 0 Å². The highest BCUT2D eigenvalue weighted by molar-refractivity contribution is 7.16. The van der Waals surface area contributed by atoms with Gasteiger partial charge in [0.15, 0.2) is 5.13 Å². The summed E-state index contributed by atoms with van der Waals surface area (Å²) in [5.74, 6) is -1.42. The molecule has 1 aliphatic heterocycles. The molecule has 3 heterocycles. The number of amides is 1. The van der Waals surface area contributed by atoms with Gasteiger partial charge in [-0.3, -0.25) is 15.0 Å². The summed E-state index contributed by atoms with van der Waals surface area (Å²) >= 11 is 6.88. The van der Waals surface area contributed by atoms with E-state index in [4.69, 9.17) is 11.6 Å². The number of phenols is 1. The van der Waals surface area contributed by atoms with Gasteiger partial charge < -0.3 is 5.11 Å². The predicted octanol–water partition coefficient (Wildman–Crippen LogP) is 5.21. The van der Waals surface area contributed by atoms with Crippen molar-refractivity contribution < 1.29 is 23.1 Å². The van der Waals surface area contributed by atoms with Crippen LogP contribution in [0.1, 0.15) is 40.7 Å². The Bertz CT molecular complexity index is 1170. The average molecular weight is 498 g/mol. The summed E-state index contributed by atoms with van der Waals surface area (Å²) < 4.78 is 40.1. The monoisotopic (exact) mass is 497 g/mol. The van der Waals surface area contributed by atoms with E-state index in [1.165, 1.54) is 29.8 Å². The molecule has 1 saturated heterocycles. The normalized spacial score (nSPS) is 16.8. The zero-order valence-corrected chi connectivity index (χ0v) is 18.9. The second-order valence-corrected chi connectivity index (χ2v) is 9.13. The summed E-state index contributed by atoms with van der Waals surface area (Å²) in [5, 5.41) is 12.7. The Labute approximate surface area is 196 Å². The van der Waals surface area contributed by atoms with Gasteiger partial charge in [0.1, 0.15) is 16.6 Å². The first kappa shape index (κ1) is 23.4. The number of hydrogen-bond donors (Lipinski definition) is 2. The predicted molar refractivity (Wildman–Crippen MR) is 118 cm³/mol. The van der Waals surface area contributed by atoms with Crippen molar-refractivity contribution in [3.63, 3.8) is 0 Å². The molecular weight excluding hydrogens is 479 g/mol.